The van der Waals surface area contributed by atoms with E-state index in [1.807, 2.05) is 37.3 Å². The van der Waals surface area contributed by atoms with E-state index in [2.05, 4.69) is 0 Å². The van der Waals surface area contributed by atoms with Crippen molar-refractivity contribution in [2.24, 2.45) is 5.92 Å². The topological polar surface area (TPSA) is 43.4 Å². The predicted molar refractivity (Wildman–Crippen MR) is 58.7 cm³/mol. The van der Waals surface area contributed by atoms with Crippen LogP contribution in [0.15, 0.2) is 30.3 Å². The average Bonchev–Trinajstić information content (AvgIpc) is 2.56. The average molecular weight is 218 g/mol. The van der Waals surface area contributed by atoms with E-state index in [1.165, 1.54) is 0 Å². The molecule has 0 aromatic heterocycles. The molecule has 1 saturated heterocycles. The summed E-state index contributed by atoms with van der Waals surface area (Å²) in [6.45, 7) is 2.00. The summed E-state index contributed by atoms with van der Waals surface area (Å²) < 4.78 is 4.72. The number of cyclic esters (lactones) is 2. The van der Waals surface area contributed by atoms with Crippen molar-refractivity contribution >= 4 is 11.9 Å². The molecule has 1 aliphatic heterocycles. The molecule has 1 aromatic rings. The third-order valence-corrected chi connectivity index (χ3v) is 2.92. The van der Waals surface area contributed by atoms with Crippen LogP contribution in [0.25, 0.3) is 0 Å². The minimum atomic E-state index is -0.409. The monoisotopic (exact) mass is 218 g/mol. The summed E-state index contributed by atoms with van der Waals surface area (Å²) in [4.78, 5) is 23.1. The zero-order chi connectivity index (χ0) is 11.5. The SMILES string of the molecule is CCC[C@H]1C(=O)OC(=O)[C@H]1c1ccccc1. The minimum Gasteiger partial charge on any atom is -0.392 e. The molecule has 0 bridgehead atoms. The van der Waals surface area contributed by atoms with Crippen LogP contribution in [0.3, 0.4) is 0 Å². The Kier molecular flexibility index (Phi) is 3.04. The maximum Gasteiger partial charge on any atom is 0.321 e. The van der Waals surface area contributed by atoms with E-state index in [9.17, 15) is 9.59 Å². The molecule has 3 heteroatoms. The summed E-state index contributed by atoms with van der Waals surface area (Å²) in [5, 5.41) is 0. The van der Waals surface area contributed by atoms with Crippen LogP contribution in [0.4, 0.5) is 0 Å². The van der Waals surface area contributed by atoms with Crippen LogP contribution in [-0.4, -0.2) is 11.9 Å². The fourth-order valence-electron chi connectivity index (χ4n) is 2.16. The van der Waals surface area contributed by atoms with Crippen molar-refractivity contribution in [1.29, 1.82) is 0 Å². The molecule has 1 fully saturated rings. The Labute approximate surface area is 94.4 Å². The number of esters is 2. The molecule has 0 saturated carbocycles. The Bertz CT molecular complexity index is 397. The smallest absolute Gasteiger partial charge is 0.321 e. The first-order chi connectivity index (χ1) is 7.74. The molecule has 0 radical (unpaired) electrons. The van der Waals surface area contributed by atoms with Gasteiger partial charge in [0.05, 0.1) is 11.8 Å². The quantitative estimate of drug-likeness (QED) is 0.577. The van der Waals surface area contributed by atoms with Crippen molar-refractivity contribution in [3.8, 4) is 0 Å². The third kappa shape index (κ3) is 1.85. The molecule has 2 atom stereocenters. The van der Waals surface area contributed by atoms with Crippen LogP contribution >= 0.6 is 0 Å². The lowest BCUT2D eigenvalue weighted by Crippen LogP contribution is -2.15. The highest BCUT2D eigenvalue weighted by atomic mass is 16.6. The lowest BCUT2D eigenvalue weighted by atomic mass is 9.85. The molecule has 3 nitrogen and oxygen atoms in total. The van der Waals surface area contributed by atoms with Crippen molar-refractivity contribution in [2.75, 3.05) is 0 Å². The minimum absolute atomic E-state index is 0.306. The van der Waals surface area contributed by atoms with Crippen LogP contribution in [0, 0.1) is 5.92 Å². The van der Waals surface area contributed by atoms with E-state index in [0.29, 0.717) is 6.42 Å². The van der Waals surface area contributed by atoms with E-state index in [4.69, 9.17) is 4.74 Å². The molecule has 0 spiro atoms. The van der Waals surface area contributed by atoms with E-state index in [0.717, 1.165) is 12.0 Å². The summed E-state index contributed by atoms with van der Waals surface area (Å²) in [5.41, 5.74) is 0.872. The Morgan fingerprint density at radius 1 is 1.12 bits per heavy atom. The number of hydrogen-bond acceptors (Lipinski definition) is 3. The van der Waals surface area contributed by atoms with Gasteiger partial charge >= 0.3 is 11.9 Å². The first kappa shape index (κ1) is 10.9. The lowest BCUT2D eigenvalue weighted by Gasteiger charge is -2.12. The molecule has 0 amide bonds. The van der Waals surface area contributed by atoms with Gasteiger partial charge in [0.15, 0.2) is 0 Å². The van der Waals surface area contributed by atoms with Gasteiger partial charge in [-0.2, -0.15) is 0 Å². The largest absolute Gasteiger partial charge is 0.392 e. The zero-order valence-corrected chi connectivity index (χ0v) is 9.18. The van der Waals surface area contributed by atoms with Gasteiger partial charge in [-0.15, -0.1) is 0 Å². The highest BCUT2D eigenvalue weighted by Gasteiger charge is 2.44. The maximum absolute atomic E-state index is 11.6. The van der Waals surface area contributed by atoms with Gasteiger partial charge in [-0.3, -0.25) is 9.59 Å². The number of rotatable bonds is 3. The molecule has 1 heterocycles. The van der Waals surface area contributed by atoms with Crippen molar-refractivity contribution in [3.05, 3.63) is 35.9 Å². The first-order valence-corrected chi connectivity index (χ1v) is 5.54. The Hall–Kier alpha value is -1.64. The number of benzene rings is 1. The number of hydrogen-bond donors (Lipinski definition) is 0. The van der Waals surface area contributed by atoms with Crippen molar-refractivity contribution in [3.63, 3.8) is 0 Å². The third-order valence-electron chi connectivity index (χ3n) is 2.92. The van der Waals surface area contributed by atoms with Gasteiger partial charge in [0.1, 0.15) is 0 Å². The lowest BCUT2D eigenvalue weighted by molar-refractivity contribution is -0.153. The highest BCUT2D eigenvalue weighted by Crippen LogP contribution is 2.35. The summed E-state index contributed by atoms with van der Waals surface area (Å²) in [7, 11) is 0. The van der Waals surface area contributed by atoms with E-state index in [-0.39, 0.29) is 11.9 Å². The summed E-state index contributed by atoms with van der Waals surface area (Å²) in [6, 6.07) is 9.36. The summed E-state index contributed by atoms with van der Waals surface area (Å²) in [5.74, 6) is -1.50. The number of carbonyl (C=O) groups is 2. The molecule has 1 aliphatic rings. The van der Waals surface area contributed by atoms with Crippen LogP contribution in [0.2, 0.25) is 0 Å². The molecule has 0 N–H and O–H groups in total. The van der Waals surface area contributed by atoms with Gasteiger partial charge in [0.25, 0.3) is 0 Å². The van der Waals surface area contributed by atoms with E-state index < -0.39 is 11.9 Å². The van der Waals surface area contributed by atoms with Crippen LogP contribution in [0.5, 0.6) is 0 Å². The summed E-state index contributed by atoms with van der Waals surface area (Å²) in [6.07, 6.45) is 1.57. The second kappa shape index (κ2) is 4.47. The summed E-state index contributed by atoms with van der Waals surface area (Å²) >= 11 is 0. The van der Waals surface area contributed by atoms with Gasteiger partial charge in [0.2, 0.25) is 0 Å². The molecule has 16 heavy (non-hydrogen) atoms. The van der Waals surface area contributed by atoms with Crippen LogP contribution in [-0.2, 0) is 14.3 Å². The zero-order valence-electron chi connectivity index (χ0n) is 9.18. The molecule has 1 aromatic carbocycles. The van der Waals surface area contributed by atoms with Crippen LogP contribution < -0.4 is 0 Å². The molecule has 0 unspecified atom stereocenters. The predicted octanol–water partition coefficient (Wildman–Crippen LogP) is 2.27. The van der Waals surface area contributed by atoms with Crippen molar-refractivity contribution < 1.29 is 14.3 Å². The fourth-order valence-corrected chi connectivity index (χ4v) is 2.16. The van der Waals surface area contributed by atoms with Crippen molar-refractivity contribution in [2.45, 2.75) is 25.7 Å². The normalized spacial score (nSPS) is 24.6. The molecular weight excluding hydrogens is 204 g/mol. The first-order valence-electron chi connectivity index (χ1n) is 5.54. The van der Waals surface area contributed by atoms with Crippen molar-refractivity contribution in [1.82, 2.24) is 0 Å². The molecule has 2 rings (SSSR count). The van der Waals surface area contributed by atoms with Gasteiger partial charge in [-0.25, -0.2) is 0 Å². The Morgan fingerprint density at radius 2 is 1.81 bits per heavy atom. The van der Waals surface area contributed by atoms with E-state index >= 15 is 0 Å². The molecule has 84 valence electrons. The van der Waals surface area contributed by atoms with E-state index in [1.54, 1.807) is 0 Å². The van der Waals surface area contributed by atoms with Gasteiger partial charge in [-0.1, -0.05) is 43.7 Å². The molecular formula is C13H14O3. The molecule has 0 aliphatic carbocycles. The highest BCUT2D eigenvalue weighted by molar-refractivity contribution is 5.99. The second-order valence-electron chi connectivity index (χ2n) is 4.02. The van der Waals surface area contributed by atoms with Gasteiger partial charge < -0.3 is 4.74 Å². The van der Waals surface area contributed by atoms with Crippen LogP contribution in [0.1, 0.15) is 31.2 Å². The Balaban J connectivity index is 2.30. The fraction of sp³-hybridized carbons (Fsp3) is 0.385. The standard InChI is InChI=1S/C13H14O3/c1-2-6-10-11(13(15)16-12(10)14)9-7-4-3-5-8-9/h3-5,7-8,10-11H,2,6H2,1H3/t10-,11+/m1/s1. The number of carbonyl (C=O) groups excluding carboxylic acids is 2. The van der Waals surface area contributed by atoms with Gasteiger partial charge in [-0.05, 0) is 12.0 Å². The second-order valence-corrected chi connectivity index (χ2v) is 4.02. The Morgan fingerprint density at radius 3 is 2.44 bits per heavy atom. The number of ether oxygens (including phenoxy) is 1. The maximum atomic E-state index is 11.6. The van der Waals surface area contributed by atoms with Gasteiger partial charge in [0, 0.05) is 0 Å².